The molecule has 0 saturated carbocycles. The van der Waals surface area contributed by atoms with Crippen LogP contribution in [-0.2, 0) is 6.42 Å². The molecule has 0 radical (unpaired) electrons. The first-order valence-corrected chi connectivity index (χ1v) is 8.92. The van der Waals surface area contributed by atoms with Gasteiger partial charge in [0.1, 0.15) is 5.75 Å². The highest BCUT2D eigenvalue weighted by molar-refractivity contribution is 9.10. The maximum Gasteiger partial charge on any atom is 0.258 e. The van der Waals surface area contributed by atoms with Crippen molar-refractivity contribution in [2.45, 2.75) is 6.42 Å². The minimum atomic E-state index is -0.101. The van der Waals surface area contributed by atoms with Crippen LogP contribution >= 0.6 is 15.9 Å². The normalized spacial score (nSPS) is 10.1. The molecule has 0 aromatic heterocycles. The zero-order chi connectivity index (χ0) is 18.1. The molecule has 0 unspecified atom stereocenters. The quantitative estimate of drug-likeness (QED) is 0.562. The average molecular weight is 400 g/mol. The van der Waals surface area contributed by atoms with Gasteiger partial charge in [-0.15, -0.1) is 13.2 Å². The molecule has 0 bridgehead atoms. The minimum Gasteiger partial charge on any atom is -0.492 e. The molecule has 0 spiro atoms. The van der Waals surface area contributed by atoms with Gasteiger partial charge in [0.25, 0.3) is 5.91 Å². The Bertz CT molecular complexity index is 718. The van der Waals surface area contributed by atoms with Gasteiger partial charge in [0.15, 0.2) is 0 Å². The van der Waals surface area contributed by atoms with Crippen molar-refractivity contribution in [3.05, 3.63) is 89.4 Å². The Labute approximate surface area is 157 Å². The predicted octanol–water partition coefficient (Wildman–Crippen LogP) is 4.88. The van der Waals surface area contributed by atoms with E-state index in [2.05, 4.69) is 41.2 Å². The zero-order valence-electron chi connectivity index (χ0n) is 14.2. The Morgan fingerprint density at radius 2 is 1.76 bits per heavy atom. The molecule has 4 heteroatoms. The fourth-order valence-corrected chi connectivity index (χ4v) is 2.80. The van der Waals surface area contributed by atoms with Crippen LogP contribution in [0.5, 0.6) is 5.75 Å². The molecule has 0 aliphatic carbocycles. The van der Waals surface area contributed by atoms with Crippen LogP contribution in [0.4, 0.5) is 0 Å². The topological polar surface area (TPSA) is 29.5 Å². The highest BCUT2D eigenvalue weighted by atomic mass is 79.9. The van der Waals surface area contributed by atoms with Gasteiger partial charge in [-0.3, -0.25) is 4.79 Å². The Balaban J connectivity index is 2.14. The smallest absolute Gasteiger partial charge is 0.258 e. The van der Waals surface area contributed by atoms with Crippen molar-refractivity contribution in [1.82, 2.24) is 4.90 Å². The number of nitrogens with zero attached hydrogens (tertiary/aromatic N) is 1. The molecule has 0 aliphatic rings. The summed E-state index contributed by atoms with van der Waals surface area (Å²) in [7, 11) is 0. The Morgan fingerprint density at radius 3 is 2.40 bits per heavy atom. The van der Waals surface area contributed by atoms with E-state index in [-0.39, 0.29) is 5.91 Å². The van der Waals surface area contributed by atoms with E-state index < -0.39 is 0 Å². The first kappa shape index (κ1) is 19.0. The monoisotopic (exact) mass is 399 g/mol. The SMILES string of the molecule is C=CCN(CC=C)C(=O)c1cc(Br)ccc1OCCc1ccccc1. The van der Waals surface area contributed by atoms with Crippen molar-refractivity contribution in [3.63, 3.8) is 0 Å². The third-order valence-electron chi connectivity index (χ3n) is 3.65. The van der Waals surface area contributed by atoms with Gasteiger partial charge in [0.2, 0.25) is 0 Å². The fourth-order valence-electron chi connectivity index (χ4n) is 2.44. The van der Waals surface area contributed by atoms with Crippen molar-refractivity contribution in [2.75, 3.05) is 19.7 Å². The van der Waals surface area contributed by atoms with Crippen molar-refractivity contribution >= 4 is 21.8 Å². The van der Waals surface area contributed by atoms with Gasteiger partial charge < -0.3 is 9.64 Å². The first-order valence-electron chi connectivity index (χ1n) is 8.13. The largest absolute Gasteiger partial charge is 0.492 e. The van der Waals surface area contributed by atoms with Gasteiger partial charge >= 0.3 is 0 Å². The number of hydrogen-bond donors (Lipinski definition) is 0. The van der Waals surface area contributed by atoms with Gasteiger partial charge in [-0.2, -0.15) is 0 Å². The molecule has 2 aromatic carbocycles. The lowest BCUT2D eigenvalue weighted by atomic mass is 10.1. The predicted molar refractivity (Wildman–Crippen MR) is 106 cm³/mol. The molecule has 2 aromatic rings. The number of amides is 1. The van der Waals surface area contributed by atoms with Crippen LogP contribution in [0.1, 0.15) is 15.9 Å². The number of halogens is 1. The fraction of sp³-hybridized carbons (Fsp3) is 0.190. The van der Waals surface area contributed by atoms with E-state index in [0.29, 0.717) is 31.0 Å². The molecule has 130 valence electrons. The second kappa shape index (κ2) is 9.84. The summed E-state index contributed by atoms with van der Waals surface area (Å²) in [5.74, 6) is 0.484. The molecule has 2 rings (SSSR count). The molecular weight excluding hydrogens is 378 g/mol. The average Bonchev–Trinajstić information content (AvgIpc) is 2.63. The number of carbonyl (C=O) groups is 1. The van der Waals surface area contributed by atoms with Crippen molar-refractivity contribution in [2.24, 2.45) is 0 Å². The van der Waals surface area contributed by atoms with Crippen LogP contribution in [0.3, 0.4) is 0 Å². The van der Waals surface area contributed by atoms with Crippen molar-refractivity contribution in [3.8, 4) is 5.75 Å². The molecular formula is C21H22BrNO2. The summed E-state index contributed by atoms with van der Waals surface area (Å²) < 4.78 is 6.74. The van der Waals surface area contributed by atoms with E-state index in [1.807, 2.05) is 30.3 Å². The van der Waals surface area contributed by atoms with Gasteiger partial charge in [-0.05, 0) is 23.8 Å². The second-order valence-corrected chi connectivity index (χ2v) is 6.43. The van der Waals surface area contributed by atoms with E-state index in [4.69, 9.17) is 4.74 Å². The van der Waals surface area contributed by atoms with Crippen LogP contribution in [0.2, 0.25) is 0 Å². The lowest BCUT2D eigenvalue weighted by Crippen LogP contribution is -2.31. The molecule has 0 heterocycles. The summed E-state index contributed by atoms with van der Waals surface area (Å²) in [6, 6.07) is 15.6. The summed E-state index contributed by atoms with van der Waals surface area (Å²) in [6.45, 7) is 8.85. The molecule has 25 heavy (non-hydrogen) atoms. The van der Waals surface area contributed by atoms with Crippen molar-refractivity contribution in [1.29, 1.82) is 0 Å². The third kappa shape index (κ3) is 5.61. The van der Waals surface area contributed by atoms with Crippen LogP contribution in [0.25, 0.3) is 0 Å². The van der Waals surface area contributed by atoms with Crippen LogP contribution in [0, 0.1) is 0 Å². The first-order chi connectivity index (χ1) is 12.2. The van der Waals surface area contributed by atoms with Crippen LogP contribution in [-0.4, -0.2) is 30.5 Å². The Morgan fingerprint density at radius 1 is 1.08 bits per heavy atom. The minimum absolute atomic E-state index is 0.101. The lowest BCUT2D eigenvalue weighted by Gasteiger charge is -2.21. The number of carbonyl (C=O) groups excluding carboxylic acids is 1. The molecule has 0 saturated heterocycles. The van der Waals surface area contributed by atoms with Gasteiger partial charge in [-0.1, -0.05) is 58.4 Å². The van der Waals surface area contributed by atoms with E-state index >= 15 is 0 Å². The van der Waals surface area contributed by atoms with E-state index in [0.717, 1.165) is 10.9 Å². The summed E-state index contributed by atoms with van der Waals surface area (Å²) >= 11 is 3.43. The Hall–Kier alpha value is -2.33. The number of ether oxygens (including phenoxy) is 1. The maximum absolute atomic E-state index is 12.9. The van der Waals surface area contributed by atoms with Crippen LogP contribution < -0.4 is 4.74 Å². The van der Waals surface area contributed by atoms with Crippen molar-refractivity contribution < 1.29 is 9.53 Å². The standard InChI is InChI=1S/C21H22BrNO2/c1-3-13-23(14-4-2)21(24)19-16-18(22)10-11-20(19)25-15-12-17-8-6-5-7-9-17/h3-11,16H,1-2,12-15H2. The molecule has 1 amide bonds. The molecule has 0 N–H and O–H groups in total. The number of benzene rings is 2. The van der Waals surface area contributed by atoms with Gasteiger partial charge in [0.05, 0.1) is 12.2 Å². The highest BCUT2D eigenvalue weighted by Crippen LogP contribution is 2.25. The molecule has 0 aliphatic heterocycles. The molecule has 3 nitrogen and oxygen atoms in total. The summed E-state index contributed by atoms with van der Waals surface area (Å²) in [5.41, 5.74) is 1.73. The Kier molecular flexibility index (Phi) is 7.48. The van der Waals surface area contributed by atoms with Gasteiger partial charge in [0, 0.05) is 24.0 Å². The zero-order valence-corrected chi connectivity index (χ0v) is 15.7. The third-order valence-corrected chi connectivity index (χ3v) is 4.14. The van der Waals surface area contributed by atoms with E-state index in [1.54, 1.807) is 23.1 Å². The summed E-state index contributed by atoms with van der Waals surface area (Å²) in [4.78, 5) is 14.5. The van der Waals surface area contributed by atoms with E-state index in [9.17, 15) is 4.79 Å². The number of rotatable bonds is 9. The molecule has 0 atom stereocenters. The lowest BCUT2D eigenvalue weighted by molar-refractivity contribution is 0.0786. The van der Waals surface area contributed by atoms with Gasteiger partial charge in [-0.25, -0.2) is 0 Å². The summed E-state index contributed by atoms with van der Waals surface area (Å²) in [5, 5.41) is 0. The van der Waals surface area contributed by atoms with E-state index in [1.165, 1.54) is 5.56 Å². The molecule has 0 fully saturated rings. The highest BCUT2D eigenvalue weighted by Gasteiger charge is 2.18. The van der Waals surface area contributed by atoms with Crippen LogP contribution in [0.15, 0.2) is 78.3 Å². The number of hydrogen-bond acceptors (Lipinski definition) is 2. The second-order valence-electron chi connectivity index (χ2n) is 5.51. The maximum atomic E-state index is 12.9. The summed E-state index contributed by atoms with van der Waals surface area (Å²) in [6.07, 6.45) is 4.19.